The van der Waals surface area contributed by atoms with Crippen molar-refractivity contribution in [3.05, 3.63) is 23.8 Å². The normalized spacial score (nSPS) is 24.3. The molecule has 1 aliphatic heterocycles. The quantitative estimate of drug-likeness (QED) is 0.883. The second kappa shape index (κ2) is 4.57. The van der Waals surface area contributed by atoms with E-state index in [1.54, 1.807) is 6.26 Å². The Kier molecular flexibility index (Phi) is 2.91. The first-order chi connectivity index (χ1) is 8.74. The van der Waals surface area contributed by atoms with Crippen molar-refractivity contribution in [2.45, 2.75) is 32.7 Å². The number of nitrogens with zero attached hydrogens (tertiary/aromatic N) is 2. The van der Waals surface area contributed by atoms with Gasteiger partial charge in [-0.25, -0.2) is 0 Å². The highest BCUT2D eigenvalue weighted by molar-refractivity contribution is 5.51. The predicted molar refractivity (Wildman–Crippen MR) is 65.9 cm³/mol. The standard InChI is InChI=1S/C13H17N3O2/c1-8-3-5-14-10(7-8)13-15-12(16-18-13)11-9(2)4-6-17-11/h4,6,8,10,14H,3,5,7H2,1-2H3. The van der Waals surface area contributed by atoms with Crippen LogP contribution in [0.3, 0.4) is 0 Å². The van der Waals surface area contributed by atoms with Crippen molar-refractivity contribution in [1.29, 1.82) is 0 Å². The molecule has 1 fully saturated rings. The molecular formula is C13H17N3O2. The second-order valence-electron chi connectivity index (χ2n) is 5.03. The van der Waals surface area contributed by atoms with Crippen molar-refractivity contribution in [2.75, 3.05) is 6.54 Å². The molecule has 2 aromatic rings. The molecule has 2 unspecified atom stereocenters. The molecule has 5 nitrogen and oxygen atoms in total. The number of aryl methyl sites for hydroxylation is 1. The number of rotatable bonds is 2. The van der Waals surface area contributed by atoms with Gasteiger partial charge in [-0.2, -0.15) is 4.98 Å². The van der Waals surface area contributed by atoms with E-state index >= 15 is 0 Å². The Morgan fingerprint density at radius 3 is 3.06 bits per heavy atom. The molecule has 0 saturated carbocycles. The highest BCUT2D eigenvalue weighted by atomic mass is 16.5. The molecule has 5 heteroatoms. The summed E-state index contributed by atoms with van der Waals surface area (Å²) in [6.45, 7) is 5.22. The molecule has 18 heavy (non-hydrogen) atoms. The molecule has 1 aliphatic rings. The fourth-order valence-corrected chi connectivity index (χ4v) is 2.37. The monoisotopic (exact) mass is 247 g/mol. The van der Waals surface area contributed by atoms with Gasteiger partial charge in [-0.05, 0) is 43.9 Å². The van der Waals surface area contributed by atoms with Crippen LogP contribution in [-0.2, 0) is 0 Å². The van der Waals surface area contributed by atoms with Gasteiger partial charge in [0.2, 0.25) is 11.7 Å². The van der Waals surface area contributed by atoms with Crippen LogP contribution in [0.4, 0.5) is 0 Å². The van der Waals surface area contributed by atoms with E-state index in [4.69, 9.17) is 8.94 Å². The molecule has 1 saturated heterocycles. The smallest absolute Gasteiger partial charge is 0.244 e. The van der Waals surface area contributed by atoms with E-state index in [-0.39, 0.29) is 6.04 Å². The van der Waals surface area contributed by atoms with Gasteiger partial charge in [0, 0.05) is 0 Å². The molecule has 0 aliphatic carbocycles. The van der Waals surface area contributed by atoms with E-state index in [0.29, 0.717) is 23.4 Å². The van der Waals surface area contributed by atoms with E-state index in [1.807, 2.05) is 13.0 Å². The number of hydrogen-bond donors (Lipinski definition) is 1. The van der Waals surface area contributed by atoms with Crippen LogP contribution in [0.2, 0.25) is 0 Å². The van der Waals surface area contributed by atoms with Crippen LogP contribution in [0.1, 0.15) is 37.3 Å². The summed E-state index contributed by atoms with van der Waals surface area (Å²) in [5.41, 5.74) is 1.02. The van der Waals surface area contributed by atoms with Gasteiger partial charge < -0.3 is 14.3 Å². The Labute approximate surface area is 106 Å². The van der Waals surface area contributed by atoms with Crippen molar-refractivity contribution in [2.24, 2.45) is 5.92 Å². The van der Waals surface area contributed by atoms with Gasteiger partial charge in [0.1, 0.15) is 0 Å². The molecule has 96 valence electrons. The largest absolute Gasteiger partial charge is 0.461 e. The summed E-state index contributed by atoms with van der Waals surface area (Å²) in [6.07, 6.45) is 3.88. The summed E-state index contributed by atoms with van der Waals surface area (Å²) in [6, 6.07) is 2.07. The molecule has 0 amide bonds. The van der Waals surface area contributed by atoms with Crippen LogP contribution in [0.5, 0.6) is 0 Å². The first kappa shape index (κ1) is 11.5. The molecule has 0 bridgehead atoms. The zero-order valence-corrected chi connectivity index (χ0v) is 10.6. The molecule has 1 N–H and O–H groups in total. The lowest BCUT2D eigenvalue weighted by Gasteiger charge is -2.25. The van der Waals surface area contributed by atoms with Crippen LogP contribution in [0.25, 0.3) is 11.6 Å². The SMILES string of the molecule is Cc1ccoc1-c1noc(C2CC(C)CCN2)n1. The third-order valence-electron chi connectivity index (χ3n) is 3.47. The van der Waals surface area contributed by atoms with Crippen molar-refractivity contribution >= 4 is 0 Å². The molecule has 2 atom stereocenters. The maximum absolute atomic E-state index is 5.37. The maximum Gasteiger partial charge on any atom is 0.244 e. The zero-order valence-electron chi connectivity index (χ0n) is 10.6. The Balaban J connectivity index is 1.83. The van der Waals surface area contributed by atoms with E-state index in [1.165, 1.54) is 6.42 Å². The Morgan fingerprint density at radius 1 is 1.44 bits per heavy atom. The van der Waals surface area contributed by atoms with Gasteiger partial charge in [-0.1, -0.05) is 12.1 Å². The number of aromatic nitrogens is 2. The van der Waals surface area contributed by atoms with Gasteiger partial charge in [0.15, 0.2) is 5.76 Å². The summed E-state index contributed by atoms with van der Waals surface area (Å²) in [5.74, 6) is 2.57. The van der Waals surface area contributed by atoms with Gasteiger partial charge in [-0.3, -0.25) is 0 Å². The molecule has 3 rings (SSSR count). The van der Waals surface area contributed by atoms with Gasteiger partial charge in [0.25, 0.3) is 0 Å². The Bertz CT molecular complexity index is 532. The third-order valence-corrected chi connectivity index (χ3v) is 3.47. The first-order valence-corrected chi connectivity index (χ1v) is 6.35. The average molecular weight is 247 g/mol. The van der Waals surface area contributed by atoms with Crippen LogP contribution in [0.15, 0.2) is 21.3 Å². The second-order valence-corrected chi connectivity index (χ2v) is 5.03. The van der Waals surface area contributed by atoms with E-state index < -0.39 is 0 Å². The van der Waals surface area contributed by atoms with Crippen LogP contribution >= 0.6 is 0 Å². The number of hydrogen-bond acceptors (Lipinski definition) is 5. The predicted octanol–water partition coefficient (Wildman–Crippen LogP) is 2.70. The van der Waals surface area contributed by atoms with E-state index in [2.05, 4.69) is 22.4 Å². The lowest BCUT2D eigenvalue weighted by molar-refractivity contribution is 0.260. The van der Waals surface area contributed by atoms with Crippen molar-refractivity contribution < 1.29 is 8.94 Å². The van der Waals surface area contributed by atoms with Crippen molar-refractivity contribution in [3.63, 3.8) is 0 Å². The molecule has 2 aromatic heterocycles. The van der Waals surface area contributed by atoms with Crippen LogP contribution in [-0.4, -0.2) is 16.7 Å². The number of piperidine rings is 1. The summed E-state index contributed by atoms with van der Waals surface area (Å²) in [7, 11) is 0. The number of furan rings is 1. The van der Waals surface area contributed by atoms with Gasteiger partial charge in [-0.15, -0.1) is 0 Å². The molecule has 0 spiro atoms. The van der Waals surface area contributed by atoms with Gasteiger partial charge in [0.05, 0.1) is 12.3 Å². The maximum atomic E-state index is 5.37. The van der Waals surface area contributed by atoms with Crippen LogP contribution in [0, 0.1) is 12.8 Å². The Hall–Kier alpha value is -1.62. The van der Waals surface area contributed by atoms with E-state index in [0.717, 1.165) is 18.5 Å². The average Bonchev–Trinajstić information content (AvgIpc) is 2.97. The Morgan fingerprint density at radius 2 is 2.33 bits per heavy atom. The van der Waals surface area contributed by atoms with Crippen LogP contribution < -0.4 is 5.32 Å². The van der Waals surface area contributed by atoms with E-state index in [9.17, 15) is 0 Å². The highest BCUT2D eigenvalue weighted by Crippen LogP contribution is 2.28. The van der Waals surface area contributed by atoms with Crippen molar-refractivity contribution in [1.82, 2.24) is 15.5 Å². The third kappa shape index (κ3) is 2.06. The number of nitrogens with one attached hydrogen (secondary N) is 1. The summed E-state index contributed by atoms with van der Waals surface area (Å²) >= 11 is 0. The minimum Gasteiger partial charge on any atom is -0.461 e. The molecular weight excluding hydrogens is 230 g/mol. The minimum absolute atomic E-state index is 0.172. The summed E-state index contributed by atoms with van der Waals surface area (Å²) in [5, 5.41) is 7.41. The molecule has 0 aromatic carbocycles. The zero-order chi connectivity index (χ0) is 12.5. The minimum atomic E-state index is 0.172. The van der Waals surface area contributed by atoms with Crippen molar-refractivity contribution in [3.8, 4) is 11.6 Å². The summed E-state index contributed by atoms with van der Waals surface area (Å²) < 4.78 is 10.7. The molecule has 3 heterocycles. The topological polar surface area (TPSA) is 64.1 Å². The van der Waals surface area contributed by atoms with Gasteiger partial charge >= 0.3 is 0 Å². The molecule has 0 radical (unpaired) electrons. The summed E-state index contributed by atoms with van der Waals surface area (Å²) in [4.78, 5) is 4.44. The first-order valence-electron chi connectivity index (χ1n) is 6.35. The lowest BCUT2D eigenvalue weighted by atomic mass is 9.94. The fourth-order valence-electron chi connectivity index (χ4n) is 2.37. The fraction of sp³-hybridized carbons (Fsp3) is 0.538. The lowest BCUT2D eigenvalue weighted by Crippen LogP contribution is -2.30. The highest BCUT2D eigenvalue weighted by Gasteiger charge is 2.25.